The van der Waals surface area contributed by atoms with Gasteiger partial charge in [-0.3, -0.25) is 4.79 Å². The Hall–Kier alpha value is -1.68. The van der Waals surface area contributed by atoms with Crippen molar-refractivity contribution < 1.29 is 4.79 Å². The molecular weight excluding hydrogens is 280 g/mol. The molecule has 110 valence electrons. The van der Waals surface area contributed by atoms with Gasteiger partial charge in [-0.2, -0.15) is 0 Å². The fourth-order valence-corrected chi connectivity index (χ4v) is 3.89. The summed E-state index contributed by atoms with van der Waals surface area (Å²) in [6, 6.07) is 10.5. The second-order valence-electron chi connectivity index (χ2n) is 5.88. The summed E-state index contributed by atoms with van der Waals surface area (Å²) in [4.78, 5) is 19.3. The second kappa shape index (κ2) is 5.98. The third-order valence-electron chi connectivity index (χ3n) is 4.16. The van der Waals surface area contributed by atoms with Gasteiger partial charge in [0.2, 0.25) is 0 Å². The molecule has 0 aliphatic carbocycles. The number of anilines is 1. The number of benzene rings is 1. The number of carbonyl (C=O) groups excluding carboxylic acids is 1. The van der Waals surface area contributed by atoms with Gasteiger partial charge in [-0.25, -0.2) is 4.98 Å². The van der Waals surface area contributed by atoms with Crippen molar-refractivity contribution in [1.29, 1.82) is 0 Å². The predicted molar refractivity (Wildman–Crippen MR) is 88.1 cm³/mol. The van der Waals surface area contributed by atoms with Crippen LogP contribution in [0.5, 0.6) is 0 Å². The molecule has 21 heavy (non-hydrogen) atoms. The highest BCUT2D eigenvalue weighted by molar-refractivity contribution is 7.17. The molecule has 1 fully saturated rings. The molecule has 2 atom stereocenters. The molecule has 1 aliphatic rings. The van der Waals surface area contributed by atoms with Crippen LogP contribution >= 0.6 is 11.3 Å². The zero-order valence-corrected chi connectivity index (χ0v) is 13.3. The molecule has 1 aliphatic heterocycles. The Balaban J connectivity index is 1.98. The SMILES string of the molecule is CC1CCC(C)N(c2nc(-c3ccccc3)c(C=O)s2)C1. The maximum absolute atomic E-state index is 11.4. The Morgan fingerprint density at radius 1 is 1.24 bits per heavy atom. The van der Waals surface area contributed by atoms with Gasteiger partial charge in [-0.05, 0) is 25.7 Å². The minimum atomic E-state index is 0.496. The molecule has 1 aromatic heterocycles. The maximum atomic E-state index is 11.4. The second-order valence-corrected chi connectivity index (χ2v) is 6.89. The summed E-state index contributed by atoms with van der Waals surface area (Å²) in [7, 11) is 0. The summed E-state index contributed by atoms with van der Waals surface area (Å²) >= 11 is 1.51. The summed E-state index contributed by atoms with van der Waals surface area (Å²) in [5.41, 5.74) is 1.83. The van der Waals surface area contributed by atoms with E-state index in [1.54, 1.807) is 0 Å². The van der Waals surface area contributed by atoms with Crippen molar-refractivity contribution in [2.75, 3.05) is 11.4 Å². The van der Waals surface area contributed by atoms with E-state index in [0.717, 1.165) is 34.1 Å². The van der Waals surface area contributed by atoms with E-state index in [1.165, 1.54) is 24.2 Å². The third-order valence-corrected chi connectivity index (χ3v) is 5.18. The maximum Gasteiger partial charge on any atom is 0.186 e. The van der Waals surface area contributed by atoms with Crippen LogP contribution in [0.1, 0.15) is 36.4 Å². The smallest absolute Gasteiger partial charge is 0.186 e. The Labute approximate surface area is 129 Å². The number of carbonyl (C=O) groups is 1. The van der Waals surface area contributed by atoms with E-state index in [4.69, 9.17) is 4.98 Å². The highest BCUT2D eigenvalue weighted by atomic mass is 32.1. The predicted octanol–water partition coefficient (Wildman–Crippen LogP) is 4.25. The number of piperidine rings is 1. The van der Waals surface area contributed by atoms with Gasteiger partial charge in [0.1, 0.15) is 0 Å². The molecule has 0 radical (unpaired) electrons. The molecule has 2 unspecified atom stereocenters. The van der Waals surface area contributed by atoms with Crippen LogP contribution in [-0.4, -0.2) is 23.9 Å². The summed E-state index contributed by atoms with van der Waals surface area (Å²) in [5.74, 6) is 0.685. The average molecular weight is 300 g/mol. The van der Waals surface area contributed by atoms with Crippen molar-refractivity contribution in [2.24, 2.45) is 5.92 Å². The van der Waals surface area contributed by atoms with Crippen LogP contribution in [0.4, 0.5) is 5.13 Å². The molecule has 0 bridgehead atoms. The van der Waals surface area contributed by atoms with E-state index in [-0.39, 0.29) is 0 Å². The van der Waals surface area contributed by atoms with E-state index in [2.05, 4.69) is 18.7 Å². The number of hydrogen-bond acceptors (Lipinski definition) is 4. The van der Waals surface area contributed by atoms with E-state index in [9.17, 15) is 4.79 Å². The van der Waals surface area contributed by atoms with Crippen molar-refractivity contribution in [3.05, 3.63) is 35.2 Å². The van der Waals surface area contributed by atoms with Gasteiger partial charge < -0.3 is 4.90 Å². The van der Waals surface area contributed by atoms with Gasteiger partial charge in [0, 0.05) is 18.2 Å². The Morgan fingerprint density at radius 3 is 2.71 bits per heavy atom. The Morgan fingerprint density at radius 2 is 2.00 bits per heavy atom. The first-order valence-corrected chi connectivity index (χ1v) is 8.28. The van der Waals surface area contributed by atoms with E-state index in [0.29, 0.717) is 12.0 Å². The monoisotopic (exact) mass is 300 g/mol. The minimum absolute atomic E-state index is 0.496. The van der Waals surface area contributed by atoms with Crippen LogP contribution in [-0.2, 0) is 0 Å². The van der Waals surface area contributed by atoms with Gasteiger partial charge in [0.15, 0.2) is 11.4 Å². The number of aldehydes is 1. The van der Waals surface area contributed by atoms with Gasteiger partial charge in [-0.1, -0.05) is 48.6 Å². The van der Waals surface area contributed by atoms with Crippen LogP contribution in [0.3, 0.4) is 0 Å². The highest BCUT2D eigenvalue weighted by Gasteiger charge is 2.26. The molecule has 1 aromatic carbocycles. The van der Waals surface area contributed by atoms with Crippen LogP contribution in [0, 0.1) is 5.92 Å². The van der Waals surface area contributed by atoms with Crippen LogP contribution in [0.25, 0.3) is 11.3 Å². The number of nitrogens with zero attached hydrogens (tertiary/aromatic N) is 2. The molecule has 0 saturated carbocycles. The molecule has 4 heteroatoms. The summed E-state index contributed by atoms with van der Waals surface area (Å²) in [6.07, 6.45) is 3.40. The molecule has 2 aromatic rings. The summed E-state index contributed by atoms with van der Waals surface area (Å²) < 4.78 is 0. The van der Waals surface area contributed by atoms with Gasteiger partial charge >= 0.3 is 0 Å². The fraction of sp³-hybridized carbons (Fsp3) is 0.412. The molecule has 2 heterocycles. The number of thiazole rings is 1. The van der Waals surface area contributed by atoms with Crippen molar-refractivity contribution >= 4 is 22.8 Å². The van der Waals surface area contributed by atoms with E-state index < -0.39 is 0 Å². The highest BCUT2D eigenvalue weighted by Crippen LogP contribution is 2.35. The average Bonchev–Trinajstić information content (AvgIpc) is 2.94. The van der Waals surface area contributed by atoms with E-state index in [1.807, 2.05) is 30.3 Å². The zero-order valence-electron chi connectivity index (χ0n) is 12.5. The van der Waals surface area contributed by atoms with Gasteiger partial charge in [0.05, 0.1) is 10.6 Å². The quantitative estimate of drug-likeness (QED) is 0.795. The van der Waals surface area contributed by atoms with Crippen molar-refractivity contribution in [2.45, 2.75) is 32.7 Å². The Kier molecular flexibility index (Phi) is 4.06. The largest absolute Gasteiger partial charge is 0.345 e. The lowest BCUT2D eigenvalue weighted by atomic mass is 9.96. The fourth-order valence-electron chi connectivity index (χ4n) is 2.88. The molecule has 1 saturated heterocycles. The first-order chi connectivity index (χ1) is 10.2. The third kappa shape index (κ3) is 2.86. The molecule has 0 amide bonds. The molecule has 3 rings (SSSR count). The normalized spacial score (nSPS) is 22.3. The number of hydrogen-bond donors (Lipinski definition) is 0. The Bertz CT molecular complexity index is 623. The van der Waals surface area contributed by atoms with Crippen molar-refractivity contribution in [3.63, 3.8) is 0 Å². The summed E-state index contributed by atoms with van der Waals surface area (Å²) in [5, 5.41) is 0.981. The van der Waals surface area contributed by atoms with Gasteiger partial charge in [-0.15, -0.1) is 0 Å². The summed E-state index contributed by atoms with van der Waals surface area (Å²) in [6.45, 7) is 5.56. The van der Waals surface area contributed by atoms with Crippen molar-refractivity contribution in [3.8, 4) is 11.3 Å². The minimum Gasteiger partial charge on any atom is -0.345 e. The first kappa shape index (κ1) is 14.3. The number of aromatic nitrogens is 1. The van der Waals surface area contributed by atoms with Crippen LogP contribution in [0.15, 0.2) is 30.3 Å². The molecule has 0 spiro atoms. The lowest BCUT2D eigenvalue weighted by Gasteiger charge is -2.36. The van der Waals surface area contributed by atoms with Crippen LogP contribution < -0.4 is 4.90 Å². The zero-order chi connectivity index (χ0) is 14.8. The topological polar surface area (TPSA) is 33.2 Å². The lowest BCUT2D eigenvalue weighted by Crippen LogP contribution is -2.41. The molecule has 3 nitrogen and oxygen atoms in total. The lowest BCUT2D eigenvalue weighted by molar-refractivity contribution is 0.112. The van der Waals surface area contributed by atoms with Crippen LogP contribution in [0.2, 0.25) is 0 Å². The first-order valence-electron chi connectivity index (χ1n) is 7.47. The standard InChI is InChI=1S/C17H20N2OS/c1-12-8-9-13(2)19(10-12)17-18-16(15(11-20)21-17)14-6-4-3-5-7-14/h3-7,11-13H,8-10H2,1-2H3. The number of rotatable bonds is 3. The van der Waals surface area contributed by atoms with E-state index >= 15 is 0 Å². The van der Waals surface area contributed by atoms with Crippen molar-refractivity contribution in [1.82, 2.24) is 4.98 Å². The van der Waals surface area contributed by atoms with Gasteiger partial charge in [0.25, 0.3) is 0 Å². The molecular formula is C17H20N2OS. The molecule has 0 N–H and O–H groups in total.